The van der Waals surface area contributed by atoms with Gasteiger partial charge in [0.2, 0.25) is 0 Å². The number of hydrogen-bond donors (Lipinski definition) is 1. The first-order chi connectivity index (χ1) is 16.3. The molecule has 0 heterocycles. The Balaban J connectivity index is 2.36. The molecule has 10 heteroatoms. The van der Waals surface area contributed by atoms with Crippen molar-refractivity contribution in [1.29, 1.82) is 0 Å². The molecule has 1 fully saturated rings. The molecule has 0 aromatic heterocycles. The zero-order valence-corrected chi connectivity index (χ0v) is 20.7. The Morgan fingerprint density at radius 1 is 0.971 bits per heavy atom. The Morgan fingerprint density at radius 2 is 1.51 bits per heavy atom. The predicted octanol–water partition coefficient (Wildman–Crippen LogP) is 5.22. The normalized spacial score (nSPS) is 20.8. The number of alkyl halides is 3. The van der Waals surface area contributed by atoms with Gasteiger partial charge in [0, 0.05) is 12.0 Å². The lowest BCUT2D eigenvalue weighted by molar-refractivity contribution is -0.165. The molecular weight excluding hydrogens is 467 g/mol. The summed E-state index contributed by atoms with van der Waals surface area (Å²) in [5, 5.41) is 2.82. The molecule has 0 bridgehead atoms. The number of hydrogen-bond acceptors (Lipinski definition) is 6. The number of nitrogens with one attached hydrogen (secondary N) is 1. The van der Waals surface area contributed by atoms with Crippen LogP contribution in [0.25, 0.3) is 0 Å². The van der Waals surface area contributed by atoms with E-state index in [1.54, 1.807) is 34.6 Å². The first-order valence-corrected chi connectivity index (χ1v) is 11.8. The summed E-state index contributed by atoms with van der Waals surface area (Å²) in [5.41, 5.74) is -0.972. The molecule has 1 saturated carbocycles. The Hall–Kier alpha value is -2.78. The lowest BCUT2D eigenvalue weighted by atomic mass is 9.70. The number of alkyl carbamates (subject to hydrolysis) is 1. The number of rotatable bonds is 7. The van der Waals surface area contributed by atoms with Crippen LogP contribution in [0.15, 0.2) is 24.3 Å². The van der Waals surface area contributed by atoms with E-state index in [-0.39, 0.29) is 19.6 Å². The maximum atomic E-state index is 13.1. The van der Waals surface area contributed by atoms with Crippen molar-refractivity contribution >= 4 is 18.0 Å². The van der Waals surface area contributed by atoms with Gasteiger partial charge in [-0.3, -0.25) is 9.59 Å². The summed E-state index contributed by atoms with van der Waals surface area (Å²) in [5.74, 6) is -3.48. The quantitative estimate of drug-likeness (QED) is 0.313. The van der Waals surface area contributed by atoms with Gasteiger partial charge in [0.15, 0.2) is 5.92 Å². The van der Waals surface area contributed by atoms with Crippen LogP contribution in [0.1, 0.15) is 70.9 Å². The number of ether oxygens (including phenoxy) is 3. The van der Waals surface area contributed by atoms with E-state index in [0.29, 0.717) is 18.4 Å². The molecule has 196 valence electrons. The van der Waals surface area contributed by atoms with Gasteiger partial charge in [0.25, 0.3) is 0 Å². The molecule has 7 nitrogen and oxygen atoms in total. The van der Waals surface area contributed by atoms with Gasteiger partial charge >= 0.3 is 24.2 Å². The van der Waals surface area contributed by atoms with Crippen LogP contribution in [0.2, 0.25) is 0 Å². The molecule has 1 aliphatic rings. The van der Waals surface area contributed by atoms with E-state index in [1.165, 1.54) is 12.1 Å². The van der Waals surface area contributed by atoms with Crippen molar-refractivity contribution in [3.05, 3.63) is 35.4 Å². The van der Waals surface area contributed by atoms with Crippen LogP contribution >= 0.6 is 0 Å². The van der Waals surface area contributed by atoms with Crippen LogP contribution in [0.3, 0.4) is 0 Å². The summed E-state index contributed by atoms with van der Waals surface area (Å²) in [6.45, 7) is 8.61. The zero-order chi connectivity index (χ0) is 26.4. The average molecular weight is 502 g/mol. The molecule has 0 unspecified atom stereocenters. The minimum atomic E-state index is -4.49. The standard InChI is InChI=1S/C25H34F3NO6/c1-6-33-21(30)20(22(31)34-7-2)16-10-13-19(29-23(32)35-24(3,4)5)18(14-16)15-8-11-17(12-9-15)25(26,27)28/h8-9,11-12,16,18-20H,6-7,10,13-14H2,1-5H3,(H,29,32)/t16-,18+,19-/m1/s1. The highest BCUT2D eigenvalue weighted by molar-refractivity contribution is 5.95. The van der Waals surface area contributed by atoms with Crippen molar-refractivity contribution in [1.82, 2.24) is 5.32 Å². The second kappa shape index (κ2) is 11.8. The van der Waals surface area contributed by atoms with Gasteiger partial charge in [0.1, 0.15) is 5.60 Å². The Morgan fingerprint density at radius 3 is 1.97 bits per heavy atom. The van der Waals surface area contributed by atoms with E-state index in [1.807, 2.05) is 0 Å². The fraction of sp³-hybridized carbons (Fsp3) is 0.640. The molecule has 1 aromatic rings. The number of carbonyl (C=O) groups excluding carboxylic acids is 3. The van der Waals surface area contributed by atoms with E-state index in [0.717, 1.165) is 12.1 Å². The van der Waals surface area contributed by atoms with Gasteiger partial charge in [-0.15, -0.1) is 0 Å². The third-order valence-corrected chi connectivity index (χ3v) is 5.81. The predicted molar refractivity (Wildman–Crippen MR) is 121 cm³/mol. The fourth-order valence-corrected chi connectivity index (χ4v) is 4.37. The third-order valence-electron chi connectivity index (χ3n) is 5.81. The van der Waals surface area contributed by atoms with E-state index < -0.39 is 59.2 Å². The van der Waals surface area contributed by atoms with E-state index in [9.17, 15) is 27.6 Å². The Labute approximate surface area is 203 Å². The highest BCUT2D eigenvalue weighted by Gasteiger charge is 2.43. The maximum Gasteiger partial charge on any atom is 0.416 e. The first kappa shape index (κ1) is 28.5. The van der Waals surface area contributed by atoms with Crippen LogP contribution in [0.5, 0.6) is 0 Å². The monoisotopic (exact) mass is 501 g/mol. The highest BCUT2D eigenvalue weighted by Crippen LogP contribution is 2.41. The Bertz CT molecular complexity index is 861. The maximum absolute atomic E-state index is 13.1. The molecule has 35 heavy (non-hydrogen) atoms. The number of carbonyl (C=O) groups is 3. The summed E-state index contributed by atoms with van der Waals surface area (Å²) in [4.78, 5) is 37.7. The summed E-state index contributed by atoms with van der Waals surface area (Å²) in [6.07, 6.45) is -4.09. The van der Waals surface area contributed by atoms with Crippen LogP contribution in [0.4, 0.5) is 18.0 Å². The molecule has 2 rings (SSSR count). The minimum Gasteiger partial charge on any atom is -0.465 e. The first-order valence-electron chi connectivity index (χ1n) is 11.8. The average Bonchev–Trinajstić information content (AvgIpc) is 2.73. The van der Waals surface area contributed by atoms with Crippen molar-refractivity contribution in [3.63, 3.8) is 0 Å². The summed E-state index contributed by atoms with van der Waals surface area (Å²) in [6, 6.07) is 4.23. The highest BCUT2D eigenvalue weighted by atomic mass is 19.4. The summed E-state index contributed by atoms with van der Waals surface area (Å²) >= 11 is 0. The second-order valence-electron chi connectivity index (χ2n) is 9.53. The second-order valence-corrected chi connectivity index (χ2v) is 9.53. The van der Waals surface area contributed by atoms with Crippen molar-refractivity contribution in [3.8, 4) is 0 Å². The SMILES string of the molecule is CCOC(=O)C(C(=O)OCC)[C@@H]1CC[C@@H](NC(=O)OC(C)(C)C)[C@H](c2ccc(C(F)(F)F)cc2)C1. The summed E-state index contributed by atoms with van der Waals surface area (Å²) < 4.78 is 54.8. The van der Waals surface area contributed by atoms with Gasteiger partial charge in [0.05, 0.1) is 18.8 Å². The molecule has 1 aromatic carbocycles. The largest absolute Gasteiger partial charge is 0.465 e. The van der Waals surface area contributed by atoms with Crippen LogP contribution < -0.4 is 5.32 Å². The van der Waals surface area contributed by atoms with Crippen LogP contribution in [-0.2, 0) is 30.0 Å². The molecule has 0 radical (unpaired) electrons. The molecule has 1 aliphatic carbocycles. The number of halogens is 3. The van der Waals surface area contributed by atoms with Crippen molar-refractivity contribution in [2.24, 2.45) is 11.8 Å². The lowest BCUT2D eigenvalue weighted by Gasteiger charge is -2.39. The van der Waals surface area contributed by atoms with E-state index >= 15 is 0 Å². The van der Waals surface area contributed by atoms with Gasteiger partial charge in [-0.05, 0) is 77.5 Å². The van der Waals surface area contributed by atoms with Crippen LogP contribution in [-0.4, -0.2) is 42.9 Å². The molecule has 0 spiro atoms. The van der Waals surface area contributed by atoms with Crippen molar-refractivity contribution in [2.75, 3.05) is 13.2 Å². The molecule has 3 atom stereocenters. The number of amides is 1. The van der Waals surface area contributed by atoms with Crippen molar-refractivity contribution < 1.29 is 41.8 Å². The van der Waals surface area contributed by atoms with Crippen LogP contribution in [0, 0.1) is 11.8 Å². The molecule has 1 amide bonds. The minimum absolute atomic E-state index is 0.0899. The van der Waals surface area contributed by atoms with Gasteiger partial charge < -0.3 is 19.5 Å². The number of benzene rings is 1. The van der Waals surface area contributed by atoms with Gasteiger partial charge in [-0.25, -0.2) is 4.79 Å². The number of esters is 2. The van der Waals surface area contributed by atoms with Gasteiger partial charge in [-0.2, -0.15) is 13.2 Å². The molecule has 0 aliphatic heterocycles. The van der Waals surface area contributed by atoms with Crippen molar-refractivity contribution in [2.45, 2.75) is 77.6 Å². The van der Waals surface area contributed by atoms with Gasteiger partial charge in [-0.1, -0.05) is 12.1 Å². The van der Waals surface area contributed by atoms with E-state index in [4.69, 9.17) is 14.2 Å². The molecular formula is C25H34F3NO6. The molecule has 0 saturated heterocycles. The smallest absolute Gasteiger partial charge is 0.416 e. The molecule has 1 N–H and O–H groups in total. The topological polar surface area (TPSA) is 90.9 Å². The third kappa shape index (κ3) is 8.14. The van der Waals surface area contributed by atoms with E-state index in [2.05, 4.69) is 5.32 Å². The fourth-order valence-electron chi connectivity index (χ4n) is 4.37. The zero-order valence-electron chi connectivity index (χ0n) is 20.7. The summed E-state index contributed by atoms with van der Waals surface area (Å²) in [7, 11) is 0. The Kier molecular flexibility index (Phi) is 9.57. The lowest BCUT2D eigenvalue weighted by Crippen LogP contribution is -2.47.